The Bertz CT molecular complexity index is 687. The highest BCUT2D eigenvalue weighted by Gasteiger charge is 2.12. The number of H-pyrrole nitrogens is 1. The Morgan fingerprint density at radius 3 is 2.55 bits per heavy atom. The topological polar surface area (TPSA) is 46.0 Å². The van der Waals surface area contributed by atoms with Crippen molar-refractivity contribution in [2.24, 2.45) is 5.10 Å². The molecule has 5 heteroatoms. The van der Waals surface area contributed by atoms with Crippen molar-refractivity contribution in [2.45, 2.75) is 52.4 Å². The van der Waals surface area contributed by atoms with Gasteiger partial charge in [0.1, 0.15) is 0 Å². The SMILES string of the molecule is CCCCc1n[nH]c(=S)n1/N=C\c1ccc(C(C)(C)C)cc1. The van der Waals surface area contributed by atoms with Crippen LogP contribution in [0.25, 0.3) is 0 Å². The van der Waals surface area contributed by atoms with Gasteiger partial charge in [-0.15, -0.1) is 0 Å². The molecule has 0 bridgehead atoms. The fourth-order valence-electron chi connectivity index (χ4n) is 2.13. The lowest BCUT2D eigenvalue weighted by Gasteiger charge is -2.18. The smallest absolute Gasteiger partial charge is 0.216 e. The Hall–Kier alpha value is -1.75. The van der Waals surface area contributed by atoms with Gasteiger partial charge in [-0.05, 0) is 35.2 Å². The molecule has 1 N–H and O–H groups in total. The van der Waals surface area contributed by atoms with Crippen LogP contribution in [0, 0.1) is 4.77 Å². The van der Waals surface area contributed by atoms with Crippen molar-refractivity contribution in [3.63, 3.8) is 0 Å². The van der Waals surface area contributed by atoms with Crippen LogP contribution in [0.5, 0.6) is 0 Å². The Morgan fingerprint density at radius 2 is 1.95 bits per heavy atom. The van der Waals surface area contributed by atoms with Gasteiger partial charge in [0.25, 0.3) is 0 Å². The molecule has 1 aromatic heterocycles. The Balaban J connectivity index is 2.18. The predicted molar refractivity (Wildman–Crippen MR) is 94.2 cm³/mol. The molecule has 1 aromatic carbocycles. The van der Waals surface area contributed by atoms with Crippen molar-refractivity contribution in [1.82, 2.24) is 14.9 Å². The number of aryl methyl sites for hydroxylation is 1. The van der Waals surface area contributed by atoms with E-state index in [4.69, 9.17) is 12.2 Å². The maximum Gasteiger partial charge on any atom is 0.216 e. The summed E-state index contributed by atoms with van der Waals surface area (Å²) in [5.74, 6) is 0.884. The van der Waals surface area contributed by atoms with Crippen molar-refractivity contribution in [3.8, 4) is 0 Å². The van der Waals surface area contributed by atoms with Gasteiger partial charge in [0, 0.05) is 6.42 Å². The molecule has 0 aliphatic carbocycles. The van der Waals surface area contributed by atoms with Crippen LogP contribution >= 0.6 is 12.2 Å². The van der Waals surface area contributed by atoms with Gasteiger partial charge < -0.3 is 0 Å². The number of aromatic nitrogens is 3. The van der Waals surface area contributed by atoms with E-state index in [1.807, 2.05) is 6.21 Å². The van der Waals surface area contributed by atoms with Crippen molar-refractivity contribution in [3.05, 3.63) is 46.0 Å². The quantitative estimate of drug-likeness (QED) is 0.654. The summed E-state index contributed by atoms with van der Waals surface area (Å²) in [6.45, 7) is 8.79. The molecule has 0 saturated carbocycles. The van der Waals surface area contributed by atoms with Crippen LogP contribution in [0.1, 0.15) is 57.5 Å². The van der Waals surface area contributed by atoms with Crippen LogP contribution in [0.15, 0.2) is 29.4 Å². The summed E-state index contributed by atoms with van der Waals surface area (Å²) in [5.41, 5.74) is 2.53. The molecule has 0 radical (unpaired) electrons. The van der Waals surface area contributed by atoms with Crippen molar-refractivity contribution >= 4 is 18.4 Å². The van der Waals surface area contributed by atoms with Crippen LogP contribution in [0.4, 0.5) is 0 Å². The van der Waals surface area contributed by atoms with E-state index < -0.39 is 0 Å². The summed E-state index contributed by atoms with van der Waals surface area (Å²) in [7, 11) is 0. The largest absolute Gasteiger partial charge is 0.250 e. The third-order valence-corrected chi connectivity index (χ3v) is 3.83. The zero-order valence-electron chi connectivity index (χ0n) is 13.8. The highest BCUT2D eigenvalue weighted by molar-refractivity contribution is 7.71. The molecule has 1 heterocycles. The maximum atomic E-state index is 5.24. The average Bonchev–Trinajstić information content (AvgIpc) is 2.83. The van der Waals surface area contributed by atoms with Gasteiger partial charge in [0.05, 0.1) is 6.21 Å². The minimum Gasteiger partial charge on any atom is -0.250 e. The second kappa shape index (κ2) is 7.01. The number of hydrogen-bond acceptors (Lipinski definition) is 3. The van der Waals surface area contributed by atoms with E-state index in [0.717, 1.165) is 30.7 Å². The summed E-state index contributed by atoms with van der Waals surface area (Å²) < 4.78 is 2.25. The number of hydrogen-bond donors (Lipinski definition) is 1. The van der Waals surface area contributed by atoms with Gasteiger partial charge in [-0.25, -0.2) is 0 Å². The number of rotatable bonds is 5. The van der Waals surface area contributed by atoms with Crippen molar-refractivity contribution < 1.29 is 0 Å². The van der Waals surface area contributed by atoms with Gasteiger partial charge >= 0.3 is 0 Å². The minimum absolute atomic E-state index is 0.163. The lowest BCUT2D eigenvalue weighted by atomic mass is 9.87. The van der Waals surface area contributed by atoms with Gasteiger partial charge in [-0.3, -0.25) is 5.10 Å². The molecule has 0 atom stereocenters. The summed E-state index contributed by atoms with van der Waals surface area (Å²) in [6.07, 6.45) is 4.91. The van der Waals surface area contributed by atoms with Crippen LogP contribution in [0.2, 0.25) is 0 Å². The molecule has 0 spiro atoms. The number of aromatic amines is 1. The van der Waals surface area contributed by atoms with E-state index in [-0.39, 0.29) is 5.41 Å². The highest BCUT2D eigenvalue weighted by atomic mass is 32.1. The predicted octanol–water partition coefficient (Wildman–Crippen LogP) is 4.46. The Labute approximate surface area is 137 Å². The van der Waals surface area contributed by atoms with Crippen LogP contribution < -0.4 is 0 Å². The zero-order chi connectivity index (χ0) is 16.2. The first-order valence-corrected chi connectivity index (χ1v) is 8.14. The number of unbranched alkanes of at least 4 members (excludes halogenated alkanes) is 1. The molecule has 2 rings (SSSR count). The van der Waals surface area contributed by atoms with E-state index in [9.17, 15) is 0 Å². The van der Waals surface area contributed by atoms with Gasteiger partial charge in [0.15, 0.2) is 5.82 Å². The zero-order valence-corrected chi connectivity index (χ0v) is 14.6. The molecule has 0 unspecified atom stereocenters. The Morgan fingerprint density at radius 1 is 1.27 bits per heavy atom. The third kappa shape index (κ3) is 4.13. The molecule has 0 amide bonds. The van der Waals surface area contributed by atoms with Gasteiger partial charge in [-0.2, -0.15) is 14.9 Å². The van der Waals surface area contributed by atoms with E-state index in [0.29, 0.717) is 4.77 Å². The molecule has 0 fully saturated rings. The normalized spacial score (nSPS) is 12.2. The second-order valence-electron chi connectivity index (χ2n) is 6.48. The van der Waals surface area contributed by atoms with Crippen molar-refractivity contribution in [1.29, 1.82) is 0 Å². The molecular weight excluding hydrogens is 292 g/mol. The summed E-state index contributed by atoms with van der Waals surface area (Å²) in [6, 6.07) is 8.46. The first-order valence-electron chi connectivity index (χ1n) is 7.73. The fraction of sp³-hybridized carbons (Fsp3) is 0.471. The summed E-state index contributed by atoms with van der Waals surface area (Å²) in [5, 5.41) is 11.5. The second-order valence-corrected chi connectivity index (χ2v) is 6.86. The molecule has 0 saturated heterocycles. The third-order valence-electron chi connectivity index (χ3n) is 3.57. The standard InChI is InChI=1S/C17H24N4S/c1-5-6-7-15-19-20-16(22)21(15)18-12-13-8-10-14(11-9-13)17(2,3)4/h8-12H,5-7H2,1-4H3,(H,20,22)/b18-12-. The molecule has 2 aromatic rings. The lowest BCUT2D eigenvalue weighted by molar-refractivity contribution is 0.590. The summed E-state index contributed by atoms with van der Waals surface area (Å²) >= 11 is 5.24. The minimum atomic E-state index is 0.163. The fourth-order valence-corrected chi connectivity index (χ4v) is 2.33. The number of benzene rings is 1. The van der Waals surface area contributed by atoms with Crippen molar-refractivity contribution in [2.75, 3.05) is 0 Å². The number of nitrogens with zero attached hydrogens (tertiary/aromatic N) is 3. The van der Waals surface area contributed by atoms with Crippen LogP contribution in [-0.4, -0.2) is 21.1 Å². The molecule has 0 aliphatic heterocycles. The highest BCUT2D eigenvalue weighted by Crippen LogP contribution is 2.21. The average molecular weight is 316 g/mol. The number of nitrogens with one attached hydrogen (secondary N) is 1. The molecular formula is C17H24N4S. The molecule has 0 aliphatic rings. The molecule has 118 valence electrons. The molecule has 4 nitrogen and oxygen atoms in total. The maximum absolute atomic E-state index is 5.24. The van der Waals surface area contributed by atoms with E-state index >= 15 is 0 Å². The van der Waals surface area contributed by atoms with Gasteiger partial charge in [-0.1, -0.05) is 58.4 Å². The molecule has 22 heavy (non-hydrogen) atoms. The van der Waals surface area contributed by atoms with Crippen LogP contribution in [-0.2, 0) is 11.8 Å². The van der Waals surface area contributed by atoms with E-state index in [2.05, 4.69) is 67.3 Å². The lowest BCUT2D eigenvalue weighted by Crippen LogP contribution is -2.10. The van der Waals surface area contributed by atoms with E-state index in [1.165, 1.54) is 5.56 Å². The first-order chi connectivity index (χ1) is 10.4. The van der Waals surface area contributed by atoms with Gasteiger partial charge in [0.2, 0.25) is 4.77 Å². The monoisotopic (exact) mass is 316 g/mol. The Kier molecular flexibility index (Phi) is 5.29. The van der Waals surface area contributed by atoms with Crippen LogP contribution in [0.3, 0.4) is 0 Å². The summed E-state index contributed by atoms with van der Waals surface area (Å²) in [4.78, 5) is 0. The van der Waals surface area contributed by atoms with E-state index in [1.54, 1.807) is 4.68 Å². The first kappa shape index (κ1) is 16.6.